The quantitative estimate of drug-likeness (QED) is 0.296. The molecule has 0 aliphatic rings. The number of carbonyl (C=O) groups excluding carboxylic acids is 3. The molecule has 0 aromatic heterocycles. The van der Waals surface area contributed by atoms with Crippen LogP contribution in [0.4, 0.5) is 11.4 Å². The Bertz CT molecular complexity index is 1240. The fourth-order valence-electron chi connectivity index (χ4n) is 3.53. The van der Waals surface area contributed by atoms with Crippen LogP contribution in [0.25, 0.3) is 0 Å². The van der Waals surface area contributed by atoms with Gasteiger partial charge in [0.2, 0.25) is 5.91 Å². The van der Waals surface area contributed by atoms with Gasteiger partial charge in [0.05, 0.1) is 12.8 Å². The number of esters is 1. The lowest BCUT2D eigenvalue weighted by Gasteiger charge is -2.11. The monoisotopic (exact) mass is 524 g/mol. The molecule has 3 aromatic rings. The van der Waals surface area contributed by atoms with Crippen molar-refractivity contribution in [3.8, 4) is 17.2 Å². The van der Waals surface area contributed by atoms with Crippen molar-refractivity contribution in [1.82, 2.24) is 0 Å². The van der Waals surface area contributed by atoms with E-state index in [4.69, 9.17) is 25.8 Å². The van der Waals surface area contributed by atoms with E-state index in [1.165, 1.54) is 13.2 Å². The van der Waals surface area contributed by atoms with Crippen molar-refractivity contribution in [2.24, 2.45) is 0 Å². The van der Waals surface area contributed by atoms with Crippen LogP contribution in [0.2, 0.25) is 5.02 Å². The first-order valence-electron chi connectivity index (χ1n) is 11.7. The molecule has 0 unspecified atom stereocenters. The summed E-state index contributed by atoms with van der Waals surface area (Å²) in [5.41, 5.74) is 3.22. The van der Waals surface area contributed by atoms with Gasteiger partial charge in [-0.05, 0) is 86.0 Å². The molecule has 3 aromatic carbocycles. The Kier molecular flexibility index (Phi) is 9.92. The van der Waals surface area contributed by atoms with Gasteiger partial charge in [0, 0.05) is 23.6 Å². The van der Waals surface area contributed by atoms with Gasteiger partial charge in [0.1, 0.15) is 17.2 Å². The second kappa shape index (κ2) is 13.3. The molecule has 3 rings (SSSR count). The Hall–Kier alpha value is -4.04. The van der Waals surface area contributed by atoms with Crippen LogP contribution in [0.5, 0.6) is 17.2 Å². The highest BCUT2D eigenvalue weighted by Gasteiger charge is 2.12. The summed E-state index contributed by atoms with van der Waals surface area (Å²) in [6.07, 6.45) is 0.411. The fourth-order valence-corrected chi connectivity index (χ4v) is 3.71. The summed E-state index contributed by atoms with van der Waals surface area (Å²) in [6.45, 7) is 3.56. The van der Waals surface area contributed by atoms with E-state index in [9.17, 15) is 14.4 Å². The first kappa shape index (κ1) is 27.5. The number of halogens is 1. The second-order valence-electron chi connectivity index (χ2n) is 8.41. The Balaban J connectivity index is 1.36. The molecule has 0 spiro atoms. The first-order chi connectivity index (χ1) is 17.7. The van der Waals surface area contributed by atoms with Crippen LogP contribution < -0.4 is 20.1 Å². The highest BCUT2D eigenvalue weighted by Crippen LogP contribution is 2.28. The van der Waals surface area contributed by atoms with Gasteiger partial charge in [0.25, 0.3) is 5.91 Å². The number of amides is 2. The molecule has 8 nitrogen and oxygen atoms in total. The fraction of sp³-hybridized carbons (Fsp3) is 0.250. The third-order valence-electron chi connectivity index (χ3n) is 5.15. The van der Waals surface area contributed by atoms with Crippen molar-refractivity contribution in [3.63, 3.8) is 0 Å². The Morgan fingerprint density at radius 1 is 0.811 bits per heavy atom. The molecule has 0 saturated carbocycles. The van der Waals surface area contributed by atoms with E-state index >= 15 is 0 Å². The van der Waals surface area contributed by atoms with E-state index in [1.807, 2.05) is 26.0 Å². The van der Waals surface area contributed by atoms with Crippen molar-refractivity contribution in [2.45, 2.75) is 33.1 Å². The van der Waals surface area contributed by atoms with E-state index in [2.05, 4.69) is 16.7 Å². The average Bonchev–Trinajstić information content (AvgIpc) is 2.83. The van der Waals surface area contributed by atoms with Gasteiger partial charge >= 0.3 is 5.97 Å². The smallest absolute Gasteiger partial charge is 0.306 e. The number of carbonyl (C=O) groups is 3. The molecule has 0 atom stereocenters. The summed E-state index contributed by atoms with van der Waals surface area (Å²) in [5.74, 6) is 0.497. The van der Waals surface area contributed by atoms with Crippen molar-refractivity contribution >= 4 is 40.8 Å². The van der Waals surface area contributed by atoms with Crippen LogP contribution >= 0.6 is 11.6 Å². The van der Waals surface area contributed by atoms with E-state index in [0.717, 1.165) is 16.9 Å². The van der Waals surface area contributed by atoms with Crippen molar-refractivity contribution in [3.05, 3.63) is 76.8 Å². The lowest BCUT2D eigenvalue weighted by molar-refractivity contribution is -0.147. The maximum Gasteiger partial charge on any atom is 0.306 e. The highest BCUT2D eigenvalue weighted by atomic mass is 35.5. The van der Waals surface area contributed by atoms with Crippen molar-refractivity contribution in [1.29, 1.82) is 0 Å². The van der Waals surface area contributed by atoms with Gasteiger partial charge in [-0.3, -0.25) is 14.4 Å². The molecule has 0 saturated heterocycles. The lowest BCUT2D eigenvalue weighted by Crippen LogP contribution is -2.21. The Morgan fingerprint density at radius 3 is 2.19 bits per heavy atom. The number of hydrogen-bond acceptors (Lipinski definition) is 6. The molecule has 0 aliphatic heterocycles. The van der Waals surface area contributed by atoms with Crippen LogP contribution in [-0.4, -0.2) is 31.5 Å². The van der Waals surface area contributed by atoms with Crippen LogP contribution in [0.15, 0.2) is 60.7 Å². The number of benzene rings is 3. The first-order valence-corrected chi connectivity index (χ1v) is 12.0. The summed E-state index contributed by atoms with van der Waals surface area (Å²) in [6, 6.07) is 17.8. The van der Waals surface area contributed by atoms with Crippen molar-refractivity contribution in [2.75, 3.05) is 24.4 Å². The van der Waals surface area contributed by atoms with Gasteiger partial charge in [-0.25, -0.2) is 0 Å². The average molecular weight is 525 g/mol. The third-order valence-corrected chi connectivity index (χ3v) is 5.39. The zero-order valence-electron chi connectivity index (χ0n) is 20.9. The number of hydrogen-bond donors (Lipinski definition) is 2. The van der Waals surface area contributed by atoms with Gasteiger partial charge in [-0.1, -0.05) is 17.7 Å². The molecule has 0 bridgehead atoms. The van der Waals surface area contributed by atoms with Gasteiger partial charge in [-0.15, -0.1) is 0 Å². The zero-order chi connectivity index (χ0) is 26.8. The summed E-state index contributed by atoms with van der Waals surface area (Å²) in [5, 5.41) is 5.79. The molecule has 0 heterocycles. The largest absolute Gasteiger partial charge is 0.495 e. The molecule has 9 heteroatoms. The minimum Gasteiger partial charge on any atom is -0.495 e. The molecular weight excluding hydrogens is 496 g/mol. The normalized spacial score (nSPS) is 10.4. The van der Waals surface area contributed by atoms with E-state index in [1.54, 1.807) is 36.4 Å². The molecule has 2 N–H and O–H groups in total. The van der Waals surface area contributed by atoms with E-state index in [0.29, 0.717) is 27.9 Å². The third kappa shape index (κ3) is 9.16. The summed E-state index contributed by atoms with van der Waals surface area (Å²) >= 11 is 5.93. The van der Waals surface area contributed by atoms with Crippen LogP contribution in [0, 0.1) is 13.8 Å². The Morgan fingerprint density at radius 2 is 1.51 bits per heavy atom. The predicted molar refractivity (Wildman–Crippen MR) is 143 cm³/mol. The summed E-state index contributed by atoms with van der Waals surface area (Å²) in [7, 11) is 1.46. The Labute approximate surface area is 220 Å². The van der Waals surface area contributed by atoms with E-state index < -0.39 is 18.5 Å². The number of nitrogens with one attached hydrogen (secondary N) is 2. The summed E-state index contributed by atoms with van der Waals surface area (Å²) < 4.78 is 16.0. The van der Waals surface area contributed by atoms with Gasteiger partial charge < -0.3 is 24.8 Å². The molecule has 194 valence electrons. The standard InChI is InChI=1S/C28H29ClN2O6/c1-18-13-19(2)15-23(14-18)37-22-10-8-21(9-11-22)30-26(32)5-4-6-28(34)36-17-27(33)31-24-16-20(29)7-12-25(24)35-3/h7-16H,4-6,17H2,1-3H3,(H,30,32)(H,31,33). The molecule has 0 radical (unpaired) electrons. The van der Waals surface area contributed by atoms with Crippen LogP contribution in [0.3, 0.4) is 0 Å². The number of rotatable bonds is 11. The molecule has 37 heavy (non-hydrogen) atoms. The van der Waals surface area contributed by atoms with Crippen molar-refractivity contribution < 1.29 is 28.6 Å². The number of anilines is 2. The molecule has 0 aliphatic carbocycles. The maximum absolute atomic E-state index is 12.2. The molecule has 0 fully saturated rings. The molecule has 2 amide bonds. The minimum atomic E-state index is -0.575. The number of ether oxygens (including phenoxy) is 3. The maximum atomic E-state index is 12.2. The zero-order valence-corrected chi connectivity index (χ0v) is 21.7. The highest BCUT2D eigenvalue weighted by molar-refractivity contribution is 6.31. The topological polar surface area (TPSA) is 103 Å². The van der Waals surface area contributed by atoms with Crippen LogP contribution in [0.1, 0.15) is 30.4 Å². The van der Waals surface area contributed by atoms with E-state index in [-0.39, 0.29) is 25.2 Å². The van der Waals surface area contributed by atoms with Crippen LogP contribution in [-0.2, 0) is 19.1 Å². The molecular formula is C28H29ClN2O6. The predicted octanol–water partition coefficient (Wildman–Crippen LogP) is 6.05. The minimum absolute atomic E-state index is 0.00384. The number of methoxy groups -OCH3 is 1. The lowest BCUT2D eigenvalue weighted by atomic mass is 10.1. The van der Waals surface area contributed by atoms with Gasteiger partial charge in [-0.2, -0.15) is 0 Å². The second-order valence-corrected chi connectivity index (χ2v) is 8.84. The van der Waals surface area contributed by atoms with Gasteiger partial charge in [0.15, 0.2) is 6.61 Å². The number of aryl methyl sites for hydroxylation is 2. The summed E-state index contributed by atoms with van der Waals surface area (Å²) in [4.78, 5) is 36.3. The SMILES string of the molecule is COc1ccc(Cl)cc1NC(=O)COC(=O)CCCC(=O)Nc1ccc(Oc2cc(C)cc(C)c2)cc1.